The van der Waals surface area contributed by atoms with Gasteiger partial charge in [0.25, 0.3) is 10.0 Å². The van der Waals surface area contributed by atoms with E-state index in [1.165, 1.54) is 4.31 Å². The molecule has 32 heavy (non-hydrogen) atoms. The molecule has 0 radical (unpaired) electrons. The number of aryl methyl sites for hydroxylation is 2. The molecule has 6 heteroatoms. The molecule has 0 heterocycles. The Hall–Kier alpha value is -3.12. The summed E-state index contributed by atoms with van der Waals surface area (Å²) >= 11 is 0. The largest absolute Gasteiger partial charge is 0.349 e. The van der Waals surface area contributed by atoms with Crippen LogP contribution < -0.4 is 9.62 Å². The summed E-state index contributed by atoms with van der Waals surface area (Å²) in [5.74, 6) is -0.355. The number of benzene rings is 3. The molecule has 3 aromatic rings. The van der Waals surface area contributed by atoms with Crippen molar-refractivity contribution in [3.05, 3.63) is 95.6 Å². The minimum Gasteiger partial charge on any atom is -0.349 e. The highest BCUT2D eigenvalue weighted by Gasteiger charge is 2.30. The first-order chi connectivity index (χ1) is 15.1. The van der Waals surface area contributed by atoms with Gasteiger partial charge in [0.05, 0.1) is 10.6 Å². The van der Waals surface area contributed by atoms with Crippen LogP contribution in [0.5, 0.6) is 0 Å². The van der Waals surface area contributed by atoms with E-state index >= 15 is 0 Å². The van der Waals surface area contributed by atoms with Crippen LogP contribution in [0.25, 0.3) is 0 Å². The summed E-state index contributed by atoms with van der Waals surface area (Å²) in [6, 6.07) is 23.7. The Bertz CT molecular complexity index is 1170. The minimum atomic E-state index is -3.93. The van der Waals surface area contributed by atoms with E-state index in [9.17, 15) is 13.2 Å². The molecule has 168 valence electrons. The summed E-state index contributed by atoms with van der Waals surface area (Å²) in [5, 5.41) is 3.02. The molecule has 3 rings (SSSR count). The number of hydrogen-bond donors (Lipinski definition) is 1. The summed E-state index contributed by atoms with van der Waals surface area (Å²) in [6.07, 6.45) is 0.633. The number of hydrogen-bond acceptors (Lipinski definition) is 3. The van der Waals surface area contributed by atoms with Crippen molar-refractivity contribution < 1.29 is 13.2 Å². The smallest absolute Gasteiger partial charge is 0.264 e. The average Bonchev–Trinajstić information content (AvgIpc) is 2.74. The summed E-state index contributed by atoms with van der Waals surface area (Å²) in [6.45, 7) is 7.32. The van der Waals surface area contributed by atoms with E-state index in [0.717, 1.165) is 16.7 Å². The molecule has 5 nitrogen and oxygen atoms in total. The van der Waals surface area contributed by atoms with Gasteiger partial charge in [-0.25, -0.2) is 8.42 Å². The first kappa shape index (κ1) is 23.5. The Balaban J connectivity index is 1.90. The van der Waals surface area contributed by atoms with Crippen LogP contribution >= 0.6 is 0 Å². The van der Waals surface area contributed by atoms with Crippen LogP contribution in [-0.2, 0) is 21.2 Å². The zero-order chi connectivity index (χ0) is 23.4. The summed E-state index contributed by atoms with van der Waals surface area (Å²) in [7, 11) is -3.93. The van der Waals surface area contributed by atoms with Gasteiger partial charge < -0.3 is 5.32 Å². The fourth-order valence-electron chi connectivity index (χ4n) is 3.71. The molecule has 0 bridgehead atoms. The lowest BCUT2D eigenvalue weighted by molar-refractivity contribution is -0.121. The van der Waals surface area contributed by atoms with Gasteiger partial charge in [0.15, 0.2) is 0 Å². The normalized spacial score (nSPS) is 11.8. The molecule has 0 unspecified atom stereocenters. The average molecular weight is 451 g/mol. The molecule has 0 spiro atoms. The topological polar surface area (TPSA) is 66.5 Å². The van der Waals surface area contributed by atoms with Crippen LogP contribution in [-0.4, -0.2) is 26.4 Å². The molecule has 0 aliphatic carbocycles. The highest BCUT2D eigenvalue weighted by Crippen LogP contribution is 2.28. The SMILES string of the molecule is Cc1ccc(C)c(N(CC(=O)NC(C)(C)Cc2ccccc2)S(=O)(=O)c2ccccc2)c1. The van der Waals surface area contributed by atoms with Crippen molar-refractivity contribution in [3.63, 3.8) is 0 Å². The number of nitrogens with zero attached hydrogens (tertiary/aromatic N) is 1. The van der Waals surface area contributed by atoms with Gasteiger partial charge in [0, 0.05) is 5.54 Å². The molecular weight excluding hydrogens is 420 g/mol. The second-order valence-corrected chi connectivity index (χ2v) is 10.6. The molecule has 0 aliphatic heterocycles. The third kappa shape index (κ3) is 5.77. The zero-order valence-corrected chi connectivity index (χ0v) is 19.8. The lowest BCUT2D eigenvalue weighted by atomic mass is 9.95. The molecule has 0 saturated carbocycles. The maximum atomic E-state index is 13.5. The predicted molar refractivity (Wildman–Crippen MR) is 129 cm³/mol. The highest BCUT2D eigenvalue weighted by atomic mass is 32.2. The Labute approximate surface area is 191 Å². The number of carbonyl (C=O) groups is 1. The minimum absolute atomic E-state index is 0.150. The van der Waals surface area contributed by atoms with Gasteiger partial charge in [-0.2, -0.15) is 0 Å². The molecule has 0 aliphatic rings. The van der Waals surface area contributed by atoms with E-state index in [2.05, 4.69) is 5.32 Å². The van der Waals surface area contributed by atoms with Crippen molar-refractivity contribution in [1.82, 2.24) is 5.32 Å². The van der Waals surface area contributed by atoms with E-state index < -0.39 is 15.6 Å². The Kier molecular flexibility index (Phi) is 7.04. The van der Waals surface area contributed by atoms with E-state index in [-0.39, 0.29) is 17.3 Å². The van der Waals surface area contributed by atoms with Gasteiger partial charge in [-0.15, -0.1) is 0 Å². The van der Waals surface area contributed by atoms with Gasteiger partial charge in [-0.3, -0.25) is 9.10 Å². The lowest BCUT2D eigenvalue weighted by Gasteiger charge is -2.30. The van der Waals surface area contributed by atoms with Crippen molar-refractivity contribution in [1.29, 1.82) is 0 Å². The molecule has 0 saturated heterocycles. The van der Waals surface area contributed by atoms with Crippen molar-refractivity contribution >= 4 is 21.6 Å². The molecule has 3 aromatic carbocycles. The van der Waals surface area contributed by atoms with Crippen LogP contribution in [0.4, 0.5) is 5.69 Å². The molecule has 0 fully saturated rings. The van der Waals surface area contributed by atoms with Gasteiger partial charge in [0.1, 0.15) is 6.54 Å². The number of sulfonamides is 1. The van der Waals surface area contributed by atoms with Crippen molar-refractivity contribution in [2.45, 2.75) is 44.6 Å². The summed E-state index contributed by atoms with van der Waals surface area (Å²) in [5.41, 5.74) is 2.77. The van der Waals surface area contributed by atoms with Crippen LogP contribution in [0.1, 0.15) is 30.5 Å². The molecule has 0 atom stereocenters. The zero-order valence-electron chi connectivity index (χ0n) is 19.0. The maximum Gasteiger partial charge on any atom is 0.264 e. The summed E-state index contributed by atoms with van der Waals surface area (Å²) in [4.78, 5) is 13.2. The van der Waals surface area contributed by atoms with E-state index in [0.29, 0.717) is 12.1 Å². The number of rotatable bonds is 8. The Morgan fingerprint density at radius 2 is 1.50 bits per heavy atom. The van der Waals surface area contributed by atoms with E-state index in [1.54, 1.807) is 36.4 Å². The second kappa shape index (κ2) is 9.57. The standard InChI is InChI=1S/C26H30N2O3S/c1-20-15-16-21(2)24(17-20)28(32(30,31)23-13-9-6-10-14-23)19-25(29)27-26(3,4)18-22-11-7-5-8-12-22/h5-17H,18-19H2,1-4H3,(H,27,29). The fourth-order valence-corrected chi connectivity index (χ4v) is 5.20. The summed E-state index contributed by atoms with van der Waals surface area (Å²) < 4.78 is 28.3. The fraction of sp³-hybridized carbons (Fsp3) is 0.269. The monoisotopic (exact) mass is 450 g/mol. The van der Waals surface area contributed by atoms with Gasteiger partial charge in [-0.05, 0) is 69.0 Å². The van der Waals surface area contributed by atoms with Gasteiger partial charge >= 0.3 is 0 Å². The number of nitrogens with one attached hydrogen (secondary N) is 1. The molecule has 0 aromatic heterocycles. The highest BCUT2D eigenvalue weighted by molar-refractivity contribution is 7.92. The number of anilines is 1. The van der Waals surface area contributed by atoms with Crippen molar-refractivity contribution in [2.75, 3.05) is 10.8 Å². The van der Waals surface area contributed by atoms with Crippen LogP contribution in [0, 0.1) is 13.8 Å². The van der Waals surface area contributed by atoms with Crippen LogP contribution in [0.3, 0.4) is 0 Å². The number of amides is 1. The van der Waals surface area contributed by atoms with Crippen molar-refractivity contribution in [3.8, 4) is 0 Å². The lowest BCUT2D eigenvalue weighted by Crippen LogP contribution is -2.50. The molecule has 1 N–H and O–H groups in total. The number of carbonyl (C=O) groups excluding carboxylic acids is 1. The predicted octanol–water partition coefficient (Wildman–Crippen LogP) is 4.64. The second-order valence-electron chi connectivity index (χ2n) is 8.71. The first-order valence-corrected chi connectivity index (χ1v) is 12.0. The molecule has 1 amide bonds. The van der Waals surface area contributed by atoms with Crippen LogP contribution in [0.15, 0.2) is 83.8 Å². The van der Waals surface area contributed by atoms with Crippen molar-refractivity contribution in [2.24, 2.45) is 0 Å². The van der Waals surface area contributed by atoms with E-state index in [4.69, 9.17) is 0 Å². The first-order valence-electron chi connectivity index (χ1n) is 10.6. The third-order valence-electron chi connectivity index (χ3n) is 5.22. The van der Waals surface area contributed by atoms with Gasteiger partial charge in [-0.1, -0.05) is 60.7 Å². The Morgan fingerprint density at radius 1 is 0.906 bits per heavy atom. The van der Waals surface area contributed by atoms with E-state index in [1.807, 2.05) is 70.2 Å². The Morgan fingerprint density at radius 3 is 2.12 bits per heavy atom. The quantitative estimate of drug-likeness (QED) is 0.544. The van der Waals surface area contributed by atoms with Gasteiger partial charge in [0.2, 0.25) is 5.91 Å². The third-order valence-corrected chi connectivity index (χ3v) is 6.99. The molecular formula is C26H30N2O3S. The maximum absolute atomic E-state index is 13.5. The van der Waals surface area contributed by atoms with Crippen LogP contribution in [0.2, 0.25) is 0 Å².